The van der Waals surface area contributed by atoms with Gasteiger partial charge in [-0.25, -0.2) is 0 Å². The largest absolute Gasteiger partial charge is 0.497 e. The van der Waals surface area contributed by atoms with E-state index in [0.29, 0.717) is 19.8 Å². The van der Waals surface area contributed by atoms with Gasteiger partial charge in [0.15, 0.2) is 6.29 Å². The highest BCUT2D eigenvalue weighted by molar-refractivity contribution is 5.26. The molecule has 0 saturated carbocycles. The summed E-state index contributed by atoms with van der Waals surface area (Å²) in [4.78, 5) is 0. The Morgan fingerprint density at radius 3 is 1.74 bits per heavy atom. The summed E-state index contributed by atoms with van der Waals surface area (Å²) in [7, 11) is 1.64. The molecule has 5 atom stereocenters. The second-order valence-electron chi connectivity index (χ2n) is 8.38. The molecule has 0 spiro atoms. The van der Waals surface area contributed by atoms with Gasteiger partial charge in [0.2, 0.25) is 0 Å². The highest BCUT2D eigenvalue weighted by Gasteiger charge is 2.45. The van der Waals surface area contributed by atoms with Gasteiger partial charge >= 0.3 is 0 Å². The molecule has 6 heteroatoms. The average Bonchev–Trinajstić information content (AvgIpc) is 2.89. The summed E-state index contributed by atoms with van der Waals surface area (Å²) in [5, 5.41) is 11.2. The molecule has 1 heterocycles. The third kappa shape index (κ3) is 6.44. The third-order valence-electron chi connectivity index (χ3n) is 5.89. The van der Waals surface area contributed by atoms with Crippen LogP contribution in [0.25, 0.3) is 0 Å². The summed E-state index contributed by atoms with van der Waals surface area (Å²) >= 11 is 0. The van der Waals surface area contributed by atoms with Gasteiger partial charge in [-0.15, -0.1) is 0 Å². The van der Waals surface area contributed by atoms with Crippen molar-refractivity contribution in [2.45, 2.75) is 57.5 Å². The maximum absolute atomic E-state index is 11.2. The molecule has 1 aliphatic rings. The van der Waals surface area contributed by atoms with Crippen LogP contribution < -0.4 is 4.74 Å². The van der Waals surface area contributed by atoms with Crippen LogP contribution >= 0.6 is 0 Å². The number of aliphatic hydroxyl groups is 1. The van der Waals surface area contributed by atoms with Crippen LogP contribution in [0.15, 0.2) is 84.9 Å². The molecule has 6 nitrogen and oxygen atoms in total. The van der Waals surface area contributed by atoms with Gasteiger partial charge in [-0.3, -0.25) is 0 Å². The van der Waals surface area contributed by atoms with Gasteiger partial charge in [0.05, 0.1) is 33.0 Å². The fourth-order valence-electron chi connectivity index (χ4n) is 3.98. The van der Waals surface area contributed by atoms with Gasteiger partial charge in [0.25, 0.3) is 0 Å². The zero-order chi connectivity index (χ0) is 23.8. The maximum atomic E-state index is 11.2. The molecule has 0 radical (unpaired) electrons. The molecule has 1 fully saturated rings. The van der Waals surface area contributed by atoms with E-state index in [0.717, 1.165) is 22.4 Å². The molecule has 0 aromatic heterocycles. The first kappa shape index (κ1) is 24.4. The molecular formula is C28H32O6. The number of methoxy groups -OCH3 is 1. The van der Waals surface area contributed by atoms with Crippen LogP contribution in [-0.4, -0.2) is 42.9 Å². The van der Waals surface area contributed by atoms with Gasteiger partial charge < -0.3 is 28.8 Å². The van der Waals surface area contributed by atoms with E-state index < -0.39 is 24.6 Å². The molecule has 180 valence electrons. The monoisotopic (exact) mass is 464 g/mol. The van der Waals surface area contributed by atoms with E-state index in [4.69, 9.17) is 23.7 Å². The van der Waals surface area contributed by atoms with Crippen molar-refractivity contribution in [2.75, 3.05) is 7.11 Å². The molecule has 0 unspecified atom stereocenters. The average molecular weight is 465 g/mol. The van der Waals surface area contributed by atoms with Crippen molar-refractivity contribution in [3.63, 3.8) is 0 Å². The molecule has 34 heavy (non-hydrogen) atoms. The van der Waals surface area contributed by atoms with E-state index >= 15 is 0 Å². The van der Waals surface area contributed by atoms with Crippen LogP contribution in [0.5, 0.6) is 5.75 Å². The van der Waals surface area contributed by atoms with Crippen molar-refractivity contribution in [3.05, 3.63) is 102 Å². The van der Waals surface area contributed by atoms with Crippen molar-refractivity contribution >= 4 is 0 Å². The number of benzene rings is 3. The van der Waals surface area contributed by atoms with Gasteiger partial charge in [-0.2, -0.15) is 0 Å². The first-order chi connectivity index (χ1) is 16.6. The molecule has 0 amide bonds. The fourth-order valence-corrected chi connectivity index (χ4v) is 3.98. The summed E-state index contributed by atoms with van der Waals surface area (Å²) in [6, 6.07) is 27.4. The van der Waals surface area contributed by atoms with Crippen LogP contribution in [0.1, 0.15) is 23.6 Å². The Balaban J connectivity index is 1.44. The zero-order valence-corrected chi connectivity index (χ0v) is 19.6. The Kier molecular flexibility index (Phi) is 8.68. The second-order valence-corrected chi connectivity index (χ2v) is 8.38. The SMILES string of the molecule is COc1ccc(CO[C@@H]2[C@@H](OCc3ccccc3)[C@@H](O)[C@H](OCc3ccccc3)O[C@H]2C)cc1. The molecule has 1 saturated heterocycles. The molecule has 0 aliphatic carbocycles. The van der Waals surface area contributed by atoms with Crippen molar-refractivity contribution < 1.29 is 28.8 Å². The van der Waals surface area contributed by atoms with Crippen LogP contribution in [0, 0.1) is 0 Å². The van der Waals surface area contributed by atoms with E-state index in [1.54, 1.807) is 7.11 Å². The van der Waals surface area contributed by atoms with Crippen LogP contribution in [0.3, 0.4) is 0 Å². The van der Waals surface area contributed by atoms with Crippen molar-refractivity contribution in [1.29, 1.82) is 0 Å². The Hall–Kier alpha value is -2.74. The smallest absolute Gasteiger partial charge is 0.186 e. The van der Waals surface area contributed by atoms with E-state index in [1.807, 2.05) is 91.9 Å². The van der Waals surface area contributed by atoms with E-state index in [9.17, 15) is 5.11 Å². The number of ether oxygens (including phenoxy) is 5. The highest BCUT2D eigenvalue weighted by Crippen LogP contribution is 2.29. The maximum Gasteiger partial charge on any atom is 0.186 e. The molecule has 0 bridgehead atoms. The molecule has 1 N–H and O–H groups in total. The molecule has 3 aromatic carbocycles. The number of aliphatic hydroxyl groups excluding tert-OH is 1. The normalized spacial score (nSPS) is 24.6. The van der Waals surface area contributed by atoms with Gasteiger partial charge in [0.1, 0.15) is 24.1 Å². The van der Waals surface area contributed by atoms with Crippen molar-refractivity contribution in [1.82, 2.24) is 0 Å². The van der Waals surface area contributed by atoms with E-state index in [2.05, 4.69) is 0 Å². The first-order valence-corrected chi connectivity index (χ1v) is 11.5. The van der Waals surface area contributed by atoms with Crippen molar-refractivity contribution in [3.8, 4) is 5.75 Å². The summed E-state index contributed by atoms with van der Waals surface area (Å²) in [6.07, 6.45) is -3.27. The minimum absolute atomic E-state index is 0.331. The minimum atomic E-state index is -1.01. The summed E-state index contributed by atoms with van der Waals surface area (Å²) in [5.41, 5.74) is 3.02. The van der Waals surface area contributed by atoms with Gasteiger partial charge in [-0.05, 0) is 35.7 Å². The fraction of sp³-hybridized carbons (Fsp3) is 0.357. The third-order valence-corrected chi connectivity index (χ3v) is 5.89. The van der Waals surface area contributed by atoms with Crippen LogP contribution in [0.2, 0.25) is 0 Å². The molecular weight excluding hydrogens is 432 g/mol. The molecule has 3 aromatic rings. The van der Waals surface area contributed by atoms with Crippen LogP contribution in [0.4, 0.5) is 0 Å². The lowest BCUT2D eigenvalue weighted by atomic mass is 9.99. The molecule has 4 rings (SSSR count). The number of rotatable bonds is 10. The predicted octanol–water partition coefficient (Wildman–Crippen LogP) is 4.49. The Labute approximate surface area is 201 Å². The van der Waals surface area contributed by atoms with Crippen molar-refractivity contribution in [2.24, 2.45) is 0 Å². The Bertz CT molecular complexity index is 979. The van der Waals surface area contributed by atoms with E-state index in [-0.39, 0.29) is 6.10 Å². The second kappa shape index (κ2) is 12.1. The summed E-state index contributed by atoms with van der Waals surface area (Å²) in [5.74, 6) is 0.788. The quantitative estimate of drug-likeness (QED) is 0.477. The number of hydrogen-bond donors (Lipinski definition) is 1. The van der Waals surface area contributed by atoms with Crippen LogP contribution in [-0.2, 0) is 38.8 Å². The van der Waals surface area contributed by atoms with Gasteiger partial charge in [-0.1, -0.05) is 72.8 Å². The standard InChI is InChI=1S/C28H32O6/c1-20-26(31-18-23-13-15-24(30-2)16-14-23)27(32-17-21-9-5-3-6-10-21)25(29)28(34-20)33-19-22-11-7-4-8-12-22/h3-16,20,25-29H,17-19H2,1-2H3/t20-,25+,26-,27-,28+/m0/s1. The minimum Gasteiger partial charge on any atom is -0.497 e. The van der Waals surface area contributed by atoms with Gasteiger partial charge in [0, 0.05) is 0 Å². The molecule has 1 aliphatic heterocycles. The van der Waals surface area contributed by atoms with E-state index in [1.165, 1.54) is 0 Å². The lowest BCUT2D eigenvalue weighted by Gasteiger charge is -2.43. The topological polar surface area (TPSA) is 66.4 Å². The lowest BCUT2D eigenvalue weighted by molar-refractivity contribution is -0.312. The first-order valence-electron chi connectivity index (χ1n) is 11.5. The summed E-state index contributed by atoms with van der Waals surface area (Å²) in [6.45, 7) is 2.96. The Morgan fingerprint density at radius 1 is 0.676 bits per heavy atom. The number of hydrogen-bond acceptors (Lipinski definition) is 6. The zero-order valence-electron chi connectivity index (χ0n) is 19.6. The highest BCUT2D eigenvalue weighted by atomic mass is 16.7. The lowest BCUT2D eigenvalue weighted by Crippen LogP contribution is -2.59. The summed E-state index contributed by atoms with van der Waals surface area (Å²) < 4.78 is 29.7. The predicted molar refractivity (Wildman–Crippen MR) is 128 cm³/mol. The Morgan fingerprint density at radius 2 is 1.18 bits per heavy atom.